The maximum absolute atomic E-state index is 12.3. The van der Waals surface area contributed by atoms with E-state index in [9.17, 15) is 9.90 Å². The van der Waals surface area contributed by atoms with Crippen LogP contribution in [-0.2, 0) is 9.53 Å². The van der Waals surface area contributed by atoms with Gasteiger partial charge in [-0.2, -0.15) is 0 Å². The van der Waals surface area contributed by atoms with Crippen LogP contribution in [0.5, 0.6) is 0 Å². The smallest absolute Gasteiger partial charge is 0.314 e. The Morgan fingerprint density at radius 2 is 1.33 bits per heavy atom. The first-order valence-corrected chi connectivity index (χ1v) is 8.83. The highest BCUT2D eigenvalue weighted by Crippen LogP contribution is 2.40. The van der Waals surface area contributed by atoms with E-state index in [0.29, 0.717) is 19.4 Å². The van der Waals surface area contributed by atoms with Crippen molar-refractivity contribution in [1.82, 2.24) is 0 Å². The highest BCUT2D eigenvalue weighted by molar-refractivity contribution is 5.77. The van der Waals surface area contributed by atoms with Gasteiger partial charge in [-0.3, -0.25) is 4.79 Å². The van der Waals surface area contributed by atoms with Crippen LogP contribution in [0.4, 0.5) is 0 Å². The summed E-state index contributed by atoms with van der Waals surface area (Å²) in [6.07, 6.45) is 12.2. The lowest BCUT2D eigenvalue weighted by Gasteiger charge is -2.41. The van der Waals surface area contributed by atoms with Crippen LogP contribution >= 0.6 is 0 Å². The average Bonchev–Trinajstić information content (AvgIpc) is 2.43. The van der Waals surface area contributed by atoms with Crippen LogP contribution in [0.2, 0.25) is 0 Å². The number of hydrogen-bond acceptors (Lipinski definition) is 3. The normalized spacial score (nSPS) is 21.9. The van der Waals surface area contributed by atoms with Crippen molar-refractivity contribution in [3.63, 3.8) is 0 Å². The molecule has 1 N–H and O–H groups in total. The zero-order chi connectivity index (χ0) is 15.8. The van der Waals surface area contributed by atoms with E-state index < -0.39 is 11.0 Å². The van der Waals surface area contributed by atoms with Crippen molar-refractivity contribution >= 4 is 5.97 Å². The van der Waals surface area contributed by atoms with Gasteiger partial charge in [-0.25, -0.2) is 0 Å². The largest absolute Gasteiger partial charge is 0.465 e. The lowest BCUT2D eigenvalue weighted by Crippen LogP contribution is -2.50. The summed E-state index contributed by atoms with van der Waals surface area (Å²) in [7, 11) is 0. The third-order valence-corrected chi connectivity index (χ3v) is 5.13. The molecule has 3 nitrogen and oxygen atoms in total. The minimum Gasteiger partial charge on any atom is -0.465 e. The van der Waals surface area contributed by atoms with Gasteiger partial charge < -0.3 is 9.84 Å². The highest BCUT2D eigenvalue weighted by atomic mass is 16.5. The van der Waals surface area contributed by atoms with E-state index in [1.54, 1.807) is 0 Å². The molecule has 0 unspecified atom stereocenters. The molecule has 0 bridgehead atoms. The van der Waals surface area contributed by atoms with Gasteiger partial charge in [0.05, 0.1) is 17.6 Å². The van der Waals surface area contributed by atoms with Gasteiger partial charge >= 0.3 is 5.97 Å². The molecule has 124 valence electrons. The lowest BCUT2D eigenvalue weighted by atomic mass is 9.69. The quantitative estimate of drug-likeness (QED) is 0.774. The molecule has 0 aromatic heterocycles. The van der Waals surface area contributed by atoms with Gasteiger partial charge in [-0.15, -0.1) is 0 Å². The summed E-state index contributed by atoms with van der Waals surface area (Å²) in [6.45, 7) is 5.88. The molecular formula is C18H34O3. The molecule has 0 heterocycles. The average molecular weight is 298 g/mol. The number of carbonyl (C=O) groups excluding carboxylic acids is 1. The number of esters is 1. The SMILES string of the molecule is CCOC(=O)C(C)(C)C1(O)CCCCCCCCCCC1. The second-order valence-corrected chi connectivity index (χ2v) is 7.06. The van der Waals surface area contributed by atoms with E-state index in [0.717, 1.165) is 25.7 Å². The molecule has 1 fully saturated rings. The second kappa shape index (κ2) is 8.77. The first-order chi connectivity index (χ1) is 9.94. The van der Waals surface area contributed by atoms with Crippen LogP contribution in [-0.4, -0.2) is 23.3 Å². The van der Waals surface area contributed by atoms with Crippen LogP contribution < -0.4 is 0 Å². The molecule has 0 atom stereocenters. The molecule has 1 rings (SSSR count). The summed E-state index contributed by atoms with van der Waals surface area (Å²) in [4.78, 5) is 12.3. The van der Waals surface area contributed by atoms with Crippen molar-refractivity contribution in [2.24, 2.45) is 5.41 Å². The Balaban J connectivity index is 2.76. The Labute approximate surface area is 130 Å². The zero-order valence-electron chi connectivity index (χ0n) is 14.2. The Bertz CT molecular complexity index is 298. The maximum atomic E-state index is 12.3. The molecular weight excluding hydrogens is 264 g/mol. The molecule has 0 aliphatic heterocycles. The molecule has 0 spiro atoms. The standard InChI is InChI=1S/C18H34O3/c1-4-21-16(19)17(2,3)18(20)14-12-10-8-6-5-7-9-11-13-15-18/h20H,4-15H2,1-3H3. The molecule has 21 heavy (non-hydrogen) atoms. The Morgan fingerprint density at radius 1 is 0.952 bits per heavy atom. The van der Waals surface area contributed by atoms with E-state index in [1.807, 2.05) is 20.8 Å². The molecule has 3 heteroatoms. The Hall–Kier alpha value is -0.570. The van der Waals surface area contributed by atoms with Crippen LogP contribution in [0.25, 0.3) is 0 Å². The topological polar surface area (TPSA) is 46.5 Å². The van der Waals surface area contributed by atoms with E-state index in [4.69, 9.17) is 4.74 Å². The van der Waals surface area contributed by atoms with Gasteiger partial charge in [0.25, 0.3) is 0 Å². The number of carbonyl (C=O) groups is 1. The molecule has 0 aromatic carbocycles. The Kier molecular flexibility index (Phi) is 7.72. The number of rotatable bonds is 3. The first kappa shape index (κ1) is 18.5. The Morgan fingerprint density at radius 3 is 1.71 bits per heavy atom. The van der Waals surface area contributed by atoms with E-state index in [2.05, 4.69) is 0 Å². The summed E-state index contributed by atoms with van der Waals surface area (Å²) in [5.74, 6) is -0.264. The summed E-state index contributed by atoms with van der Waals surface area (Å²) < 4.78 is 5.20. The number of hydrogen-bond donors (Lipinski definition) is 1. The van der Waals surface area contributed by atoms with Crippen molar-refractivity contribution in [3.05, 3.63) is 0 Å². The van der Waals surface area contributed by atoms with E-state index in [1.165, 1.54) is 32.1 Å². The van der Waals surface area contributed by atoms with Crippen molar-refractivity contribution in [3.8, 4) is 0 Å². The third-order valence-electron chi connectivity index (χ3n) is 5.13. The predicted molar refractivity (Wildman–Crippen MR) is 86.2 cm³/mol. The monoisotopic (exact) mass is 298 g/mol. The molecule has 0 saturated heterocycles. The predicted octanol–water partition coefficient (Wildman–Crippen LogP) is 4.61. The van der Waals surface area contributed by atoms with Crippen LogP contribution in [0.15, 0.2) is 0 Å². The molecule has 0 amide bonds. The van der Waals surface area contributed by atoms with Crippen LogP contribution in [0.1, 0.15) is 91.4 Å². The summed E-state index contributed by atoms with van der Waals surface area (Å²) in [6, 6.07) is 0. The second-order valence-electron chi connectivity index (χ2n) is 7.06. The fourth-order valence-electron chi connectivity index (χ4n) is 3.32. The fraction of sp³-hybridized carbons (Fsp3) is 0.944. The van der Waals surface area contributed by atoms with Gasteiger partial charge in [0, 0.05) is 0 Å². The van der Waals surface area contributed by atoms with Gasteiger partial charge in [0.2, 0.25) is 0 Å². The fourth-order valence-corrected chi connectivity index (χ4v) is 3.32. The van der Waals surface area contributed by atoms with Crippen molar-refractivity contribution in [1.29, 1.82) is 0 Å². The summed E-state index contributed by atoms with van der Waals surface area (Å²) in [5, 5.41) is 11.2. The minimum atomic E-state index is -0.932. The van der Waals surface area contributed by atoms with Gasteiger partial charge in [0.15, 0.2) is 0 Å². The van der Waals surface area contributed by atoms with Gasteiger partial charge in [-0.05, 0) is 33.6 Å². The van der Waals surface area contributed by atoms with E-state index >= 15 is 0 Å². The van der Waals surface area contributed by atoms with E-state index in [-0.39, 0.29) is 5.97 Å². The maximum Gasteiger partial charge on any atom is 0.314 e. The van der Waals surface area contributed by atoms with Crippen LogP contribution in [0.3, 0.4) is 0 Å². The minimum absolute atomic E-state index is 0.264. The lowest BCUT2D eigenvalue weighted by molar-refractivity contribution is -0.173. The van der Waals surface area contributed by atoms with Crippen LogP contribution in [0, 0.1) is 5.41 Å². The highest BCUT2D eigenvalue weighted by Gasteiger charge is 2.48. The first-order valence-electron chi connectivity index (χ1n) is 8.83. The van der Waals surface area contributed by atoms with Crippen molar-refractivity contribution < 1.29 is 14.6 Å². The molecule has 1 aliphatic carbocycles. The number of ether oxygens (including phenoxy) is 1. The summed E-state index contributed by atoms with van der Waals surface area (Å²) >= 11 is 0. The zero-order valence-corrected chi connectivity index (χ0v) is 14.2. The van der Waals surface area contributed by atoms with Gasteiger partial charge in [-0.1, -0.05) is 57.8 Å². The van der Waals surface area contributed by atoms with Crippen molar-refractivity contribution in [2.45, 2.75) is 97.0 Å². The number of aliphatic hydroxyl groups is 1. The molecule has 1 saturated carbocycles. The summed E-state index contributed by atoms with van der Waals surface area (Å²) in [5.41, 5.74) is -1.76. The third kappa shape index (κ3) is 5.28. The molecule has 0 radical (unpaired) electrons. The molecule has 1 aliphatic rings. The van der Waals surface area contributed by atoms with Gasteiger partial charge in [0.1, 0.15) is 0 Å². The molecule has 0 aromatic rings. The van der Waals surface area contributed by atoms with Crippen molar-refractivity contribution in [2.75, 3.05) is 6.61 Å².